The standard InChI is InChI=1S/C15H16N2O3/c1-10-4-5-13(19-2)12(8-10)17-15(18)11-6-7-16-14(9-11)20-3/h4-9H,1-3H3,(H,17,18). The van der Waals surface area contributed by atoms with Crippen LogP contribution in [0.4, 0.5) is 5.69 Å². The molecule has 0 saturated carbocycles. The highest BCUT2D eigenvalue weighted by atomic mass is 16.5. The fraction of sp³-hybridized carbons (Fsp3) is 0.200. The van der Waals surface area contributed by atoms with Gasteiger partial charge in [-0.25, -0.2) is 4.98 Å². The summed E-state index contributed by atoms with van der Waals surface area (Å²) in [5.74, 6) is 0.772. The molecule has 5 heteroatoms. The summed E-state index contributed by atoms with van der Waals surface area (Å²) < 4.78 is 10.2. The van der Waals surface area contributed by atoms with Crippen LogP contribution in [0, 0.1) is 6.92 Å². The Balaban J connectivity index is 2.25. The van der Waals surface area contributed by atoms with Crippen LogP contribution in [-0.2, 0) is 0 Å². The highest BCUT2D eigenvalue weighted by Crippen LogP contribution is 2.25. The molecule has 0 saturated heterocycles. The number of rotatable bonds is 4. The first-order valence-corrected chi connectivity index (χ1v) is 6.10. The van der Waals surface area contributed by atoms with E-state index in [4.69, 9.17) is 9.47 Å². The minimum absolute atomic E-state index is 0.241. The van der Waals surface area contributed by atoms with Crippen molar-refractivity contribution in [1.29, 1.82) is 0 Å². The van der Waals surface area contributed by atoms with Crippen molar-refractivity contribution in [2.24, 2.45) is 0 Å². The summed E-state index contributed by atoms with van der Waals surface area (Å²) in [6, 6.07) is 8.80. The molecule has 0 aliphatic carbocycles. The summed E-state index contributed by atoms with van der Waals surface area (Å²) in [5, 5.41) is 2.82. The molecule has 104 valence electrons. The second-order valence-electron chi connectivity index (χ2n) is 4.24. The molecule has 1 heterocycles. The molecule has 1 amide bonds. The summed E-state index contributed by atoms with van der Waals surface area (Å²) >= 11 is 0. The van der Waals surface area contributed by atoms with Gasteiger partial charge in [0.05, 0.1) is 19.9 Å². The number of methoxy groups -OCH3 is 2. The van der Waals surface area contributed by atoms with Crippen LogP contribution in [-0.4, -0.2) is 25.1 Å². The fourth-order valence-corrected chi connectivity index (χ4v) is 1.78. The molecule has 1 aromatic heterocycles. The highest BCUT2D eigenvalue weighted by molar-refractivity contribution is 6.05. The Hall–Kier alpha value is -2.56. The Bertz CT molecular complexity index is 626. The highest BCUT2D eigenvalue weighted by Gasteiger charge is 2.11. The van der Waals surface area contributed by atoms with Gasteiger partial charge in [-0.15, -0.1) is 0 Å². The molecule has 20 heavy (non-hydrogen) atoms. The molecule has 0 spiro atoms. The van der Waals surface area contributed by atoms with Gasteiger partial charge in [0.1, 0.15) is 5.75 Å². The zero-order valence-electron chi connectivity index (χ0n) is 11.6. The minimum atomic E-state index is -0.241. The van der Waals surface area contributed by atoms with E-state index in [1.165, 1.54) is 13.3 Å². The first-order valence-electron chi connectivity index (χ1n) is 6.10. The largest absolute Gasteiger partial charge is 0.495 e. The number of hydrogen-bond acceptors (Lipinski definition) is 4. The van der Waals surface area contributed by atoms with E-state index in [0.717, 1.165) is 5.56 Å². The van der Waals surface area contributed by atoms with Gasteiger partial charge in [0, 0.05) is 17.8 Å². The van der Waals surface area contributed by atoms with E-state index in [2.05, 4.69) is 10.3 Å². The first kappa shape index (κ1) is 13.9. The molecular formula is C15H16N2O3. The molecule has 0 fully saturated rings. The van der Waals surface area contributed by atoms with E-state index in [-0.39, 0.29) is 5.91 Å². The molecule has 0 aliphatic heterocycles. The van der Waals surface area contributed by atoms with Gasteiger partial charge in [-0.2, -0.15) is 0 Å². The monoisotopic (exact) mass is 272 g/mol. The fourth-order valence-electron chi connectivity index (χ4n) is 1.78. The van der Waals surface area contributed by atoms with Crippen molar-refractivity contribution >= 4 is 11.6 Å². The first-order chi connectivity index (χ1) is 9.63. The molecule has 2 aromatic rings. The molecule has 1 aromatic carbocycles. The average Bonchev–Trinajstić information content (AvgIpc) is 2.47. The summed E-state index contributed by atoms with van der Waals surface area (Å²) in [4.78, 5) is 16.2. The van der Waals surface area contributed by atoms with E-state index in [1.54, 1.807) is 19.2 Å². The lowest BCUT2D eigenvalue weighted by Crippen LogP contribution is -2.13. The SMILES string of the molecule is COc1cc(C(=O)Nc2cc(C)ccc2OC)ccn1. The Morgan fingerprint density at radius 2 is 1.95 bits per heavy atom. The van der Waals surface area contributed by atoms with E-state index in [0.29, 0.717) is 22.9 Å². The molecule has 0 aliphatic rings. The van der Waals surface area contributed by atoms with Crippen LogP contribution in [0.1, 0.15) is 15.9 Å². The molecule has 2 rings (SSSR count). The Morgan fingerprint density at radius 1 is 1.15 bits per heavy atom. The zero-order chi connectivity index (χ0) is 14.5. The zero-order valence-corrected chi connectivity index (χ0v) is 11.6. The summed E-state index contributed by atoms with van der Waals surface area (Å²) in [7, 11) is 3.07. The van der Waals surface area contributed by atoms with Crippen molar-refractivity contribution in [1.82, 2.24) is 4.98 Å². The number of nitrogens with one attached hydrogen (secondary N) is 1. The summed E-state index contributed by atoms with van der Waals surface area (Å²) in [5.41, 5.74) is 2.14. The quantitative estimate of drug-likeness (QED) is 0.929. The molecule has 5 nitrogen and oxygen atoms in total. The van der Waals surface area contributed by atoms with E-state index < -0.39 is 0 Å². The number of benzene rings is 1. The van der Waals surface area contributed by atoms with E-state index in [1.807, 2.05) is 25.1 Å². The van der Waals surface area contributed by atoms with Crippen LogP contribution >= 0.6 is 0 Å². The Kier molecular flexibility index (Phi) is 4.20. The third-order valence-electron chi connectivity index (χ3n) is 2.81. The number of nitrogens with zero attached hydrogens (tertiary/aromatic N) is 1. The molecule has 0 unspecified atom stereocenters. The number of ether oxygens (including phenoxy) is 2. The van der Waals surface area contributed by atoms with E-state index in [9.17, 15) is 4.79 Å². The third kappa shape index (κ3) is 3.06. The molecule has 1 N–H and O–H groups in total. The van der Waals surface area contributed by atoms with Gasteiger partial charge in [-0.1, -0.05) is 6.07 Å². The van der Waals surface area contributed by atoms with Crippen molar-refractivity contribution in [2.75, 3.05) is 19.5 Å². The van der Waals surface area contributed by atoms with Gasteiger partial charge in [0.15, 0.2) is 0 Å². The topological polar surface area (TPSA) is 60.5 Å². The van der Waals surface area contributed by atoms with Gasteiger partial charge in [-0.05, 0) is 30.7 Å². The minimum Gasteiger partial charge on any atom is -0.495 e. The lowest BCUT2D eigenvalue weighted by molar-refractivity contribution is 0.102. The van der Waals surface area contributed by atoms with Crippen molar-refractivity contribution in [3.63, 3.8) is 0 Å². The van der Waals surface area contributed by atoms with Crippen molar-refractivity contribution < 1.29 is 14.3 Å². The number of carbonyl (C=O) groups is 1. The molecule has 0 atom stereocenters. The summed E-state index contributed by atoms with van der Waals surface area (Å²) in [6.07, 6.45) is 1.53. The maximum Gasteiger partial charge on any atom is 0.256 e. The maximum absolute atomic E-state index is 12.2. The van der Waals surface area contributed by atoms with Crippen LogP contribution in [0.5, 0.6) is 11.6 Å². The van der Waals surface area contributed by atoms with Crippen LogP contribution in [0.2, 0.25) is 0 Å². The summed E-state index contributed by atoms with van der Waals surface area (Å²) in [6.45, 7) is 1.95. The number of amides is 1. The number of pyridine rings is 1. The van der Waals surface area contributed by atoms with Gasteiger partial charge >= 0.3 is 0 Å². The van der Waals surface area contributed by atoms with Crippen molar-refractivity contribution in [3.8, 4) is 11.6 Å². The Morgan fingerprint density at radius 3 is 2.65 bits per heavy atom. The number of anilines is 1. The van der Waals surface area contributed by atoms with Gasteiger partial charge < -0.3 is 14.8 Å². The third-order valence-corrected chi connectivity index (χ3v) is 2.81. The van der Waals surface area contributed by atoms with Crippen molar-refractivity contribution in [2.45, 2.75) is 6.92 Å². The molecular weight excluding hydrogens is 256 g/mol. The lowest BCUT2D eigenvalue weighted by Gasteiger charge is -2.11. The van der Waals surface area contributed by atoms with Crippen LogP contribution < -0.4 is 14.8 Å². The number of aryl methyl sites for hydroxylation is 1. The van der Waals surface area contributed by atoms with Gasteiger partial charge in [0.2, 0.25) is 5.88 Å². The normalized spacial score (nSPS) is 9.95. The second-order valence-corrected chi connectivity index (χ2v) is 4.24. The van der Waals surface area contributed by atoms with Crippen LogP contribution in [0.3, 0.4) is 0 Å². The lowest BCUT2D eigenvalue weighted by atomic mass is 10.2. The number of aromatic nitrogens is 1. The molecule has 0 radical (unpaired) electrons. The number of carbonyl (C=O) groups excluding carboxylic acids is 1. The maximum atomic E-state index is 12.2. The van der Waals surface area contributed by atoms with Crippen LogP contribution in [0.25, 0.3) is 0 Å². The predicted molar refractivity (Wildman–Crippen MR) is 76.5 cm³/mol. The Labute approximate surface area is 117 Å². The van der Waals surface area contributed by atoms with Gasteiger partial charge in [-0.3, -0.25) is 4.79 Å². The number of hydrogen-bond donors (Lipinski definition) is 1. The van der Waals surface area contributed by atoms with Crippen molar-refractivity contribution in [3.05, 3.63) is 47.7 Å². The second kappa shape index (κ2) is 6.06. The predicted octanol–water partition coefficient (Wildman–Crippen LogP) is 2.66. The van der Waals surface area contributed by atoms with E-state index >= 15 is 0 Å². The van der Waals surface area contributed by atoms with Gasteiger partial charge in [0.25, 0.3) is 5.91 Å². The van der Waals surface area contributed by atoms with Crippen LogP contribution in [0.15, 0.2) is 36.5 Å². The molecule has 0 bridgehead atoms. The average molecular weight is 272 g/mol. The smallest absolute Gasteiger partial charge is 0.256 e.